The molecule has 0 rings (SSSR count). The van der Waals surface area contributed by atoms with E-state index in [0.29, 0.717) is 5.92 Å². The molecule has 0 radical (unpaired) electrons. The van der Waals surface area contributed by atoms with Gasteiger partial charge in [-0.1, -0.05) is 121 Å². The van der Waals surface area contributed by atoms with Crippen LogP contribution in [0.15, 0.2) is 0 Å². The summed E-state index contributed by atoms with van der Waals surface area (Å²) >= 11 is 0. The smallest absolute Gasteiger partial charge is 0.00891 e. The molecule has 1 N–H and O–H groups in total. The van der Waals surface area contributed by atoms with Crippen molar-refractivity contribution in [3.8, 4) is 0 Å². The average molecular weight is 346 g/mol. The maximum atomic E-state index is 7.94. The van der Waals surface area contributed by atoms with E-state index in [-0.39, 0.29) is 29.7 Å². The molecular weight excluding hydrogens is 290 g/mol. The summed E-state index contributed by atoms with van der Waals surface area (Å²) in [5, 5.41) is 7.94. The summed E-state index contributed by atoms with van der Waals surface area (Å²) in [7, 11) is 0. The first-order valence-electron chi connectivity index (χ1n) is 9.27. The van der Waals surface area contributed by atoms with Crippen LogP contribution in [0.4, 0.5) is 0 Å². The largest absolute Gasteiger partial charge is 0.310 e. The van der Waals surface area contributed by atoms with E-state index >= 15 is 0 Å². The van der Waals surface area contributed by atoms with Crippen LogP contribution >= 0.6 is 0 Å². The van der Waals surface area contributed by atoms with E-state index in [0.717, 1.165) is 5.71 Å². The van der Waals surface area contributed by atoms with Crippen LogP contribution in [0.2, 0.25) is 0 Å². The molecule has 0 unspecified atom stereocenters. The molecule has 0 bridgehead atoms. The third kappa shape index (κ3) is 23.9. The Kier molecular flexibility index (Phi) is 40.0. The van der Waals surface area contributed by atoms with Crippen LogP contribution < -0.4 is 0 Å². The normalized spacial score (nSPS) is 9.33. The zero-order valence-electron chi connectivity index (χ0n) is 14.5. The highest BCUT2D eigenvalue weighted by Gasteiger charge is 2.10. The highest BCUT2D eigenvalue weighted by atomic mass is 14.4. The molecule has 152 valence electrons. The highest BCUT2D eigenvalue weighted by molar-refractivity contribution is 5.81. The summed E-state index contributed by atoms with van der Waals surface area (Å²) in [5.74, 6) is 0.576. The maximum absolute atomic E-state index is 7.94. The van der Waals surface area contributed by atoms with Gasteiger partial charge in [-0.05, 0) is 25.7 Å². The van der Waals surface area contributed by atoms with Gasteiger partial charge in [-0.15, -0.1) is 0 Å². The average Bonchev–Trinajstić information content (AvgIpc) is 2.43. The molecule has 0 aliphatic rings. The lowest BCUT2D eigenvalue weighted by molar-refractivity contribution is 0.481. The van der Waals surface area contributed by atoms with Gasteiger partial charge in [-0.25, -0.2) is 0 Å². The van der Waals surface area contributed by atoms with Crippen molar-refractivity contribution in [2.75, 3.05) is 0 Å². The summed E-state index contributed by atoms with van der Waals surface area (Å²) in [5.41, 5.74) is 0.923. The fourth-order valence-electron chi connectivity index (χ4n) is 2.92. The lowest BCUT2D eigenvalue weighted by Crippen LogP contribution is -2.10. The number of hydrogen-bond donors (Lipinski definition) is 1. The van der Waals surface area contributed by atoms with Crippen LogP contribution in [0.25, 0.3) is 0 Å². The third-order valence-corrected chi connectivity index (χ3v) is 4.42. The number of hydrogen-bond acceptors (Lipinski definition) is 1. The van der Waals surface area contributed by atoms with Gasteiger partial charge in [0.2, 0.25) is 0 Å². The molecule has 0 aromatic carbocycles. The molecule has 0 aliphatic heterocycles. The molecule has 1 heteroatoms. The molecule has 24 heavy (non-hydrogen) atoms. The van der Waals surface area contributed by atoms with Gasteiger partial charge in [0.1, 0.15) is 0 Å². The maximum Gasteiger partial charge on any atom is 0.00891 e. The van der Waals surface area contributed by atoms with Gasteiger partial charge < -0.3 is 5.41 Å². The lowest BCUT2D eigenvalue weighted by Gasteiger charge is -2.15. The Hall–Kier alpha value is -0.330. The van der Waals surface area contributed by atoms with E-state index in [1.54, 1.807) is 0 Å². The summed E-state index contributed by atoms with van der Waals surface area (Å²) in [4.78, 5) is 0. The molecule has 0 fully saturated rings. The zero-order chi connectivity index (χ0) is 15.1. The third-order valence-electron chi connectivity index (χ3n) is 4.42. The van der Waals surface area contributed by atoms with Gasteiger partial charge in [0.15, 0.2) is 0 Å². The number of unbranched alkanes of at least 4 members (excludes halogenated alkanes) is 10. The topological polar surface area (TPSA) is 23.9 Å². The van der Waals surface area contributed by atoms with Crippen molar-refractivity contribution in [3.63, 3.8) is 0 Å². The molecule has 0 amide bonds. The predicted octanol–water partition coefficient (Wildman–Crippen LogP) is 9.69. The molecule has 0 saturated heterocycles. The van der Waals surface area contributed by atoms with E-state index in [4.69, 9.17) is 5.41 Å². The van der Waals surface area contributed by atoms with Crippen molar-refractivity contribution in [1.82, 2.24) is 0 Å². The van der Waals surface area contributed by atoms with Crippen molar-refractivity contribution in [2.45, 2.75) is 140 Å². The summed E-state index contributed by atoms with van der Waals surface area (Å²) in [6.45, 7) is 6.56. The summed E-state index contributed by atoms with van der Waals surface area (Å²) in [6, 6.07) is 0. The Morgan fingerprint density at radius 1 is 0.583 bits per heavy atom. The highest BCUT2D eigenvalue weighted by Crippen LogP contribution is 2.20. The fraction of sp³-hybridized carbons (Fsp3) is 0.957. The minimum atomic E-state index is 0. The van der Waals surface area contributed by atoms with Crippen molar-refractivity contribution in [1.29, 1.82) is 5.41 Å². The van der Waals surface area contributed by atoms with Gasteiger partial charge in [0.25, 0.3) is 0 Å². The van der Waals surface area contributed by atoms with E-state index in [1.807, 2.05) is 6.92 Å². The monoisotopic (exact) mass is 345 g/mol. The first-order valence-corrected chi connectivity index (χ1v) is 9.27. The van der Waals surface area contributed by atoms with Gasteiger partial charge >= 0.3 is 0 Å². The van der Waals surface area contributed by atoms with Crippen molar-refractivity contribution in [3.05, 3.63) is 0 Å². The van der Waals surface area contributed by atoms with E-state index in [2.05, 4.69) is 13.8 Å². The van der Waals surface area contributed by atoms with Crippen LogP contribution in [-0.4, -0.2) is 5.71 Å². The quantitative estimate of drug-likeness (QED) is 0.225. The van der Waals surface area contributed by atoms with Crippen LogP contribution in [0.1, 0.15) is 140 Å². The van der Waals surface area contributed by atoms with Crippen LogP contribution in [0.5, 0.6) is 0 Å². The SMILES string of the molecule is C.C.C.C.CCCCCCCCC(CCCCCCCC)C(C)=N. The molecule has 0 aromatic heterocycles. The Labute approximate surface area is 157 Å². The van der Waals surface area contributed by atoms with E-state index in [9.17, 15) is 0 Å². The molecule has 0 saturated carbocycles. The summed E-state index contributed by atoms with van der Waals surface area (Å²) < 4.78 is 0. The van der Waals surface area contributed by atoms with Crippen LogP contribution in [0, 0.1) is 11.3 Å². The van der Waals surface area contributed by atoms with Crippen molar-refractivity contribution in [2.24, 2.45) is 5.92 Å². The summed E-state index contributed by atoms with van der Waals surface area (Å²) in [6.07, 6.45) is 19.0. The predicted molar refractivity (Wildman–Crippen MR) is 120 cm³/mol. The van der Waals surface area contributed by atoms with E-state index < -0.39 is 0 Å². The molecular formula is C23H55N. The second-order valence-corrected chi connectivity index (χ2v) is 6.49. The first-order chi connectivity index (χ1) is 9.72. The Bertz CT molecular complexity index is 194. The number of nitrogens with one attached hydrogen (secondary N) is 1. The Morgan fingerprint density at radius 2 is 0.875 bits per heavy atom. The lowest BCUT2D eigenvalue weighted by atomic mass is 9.91. The van der Waals surface area contributed by atoms with Gasteiger partial charge in [-0.3, -0.25) is 0 Å². The molecule has 1 nitrogen and oxygen atoms in total. The molecule has 0 heterocycles. The van der Waals surface area contributed by atoms with Crippen molar-refractivity contribution < 1.29 is 0 Å². The Morgan fingerprint density at radius 3 is 1.17 bits per heavy atom. The standard InChI is InChI=1S/C19H39N.4CH4/c1-4-6-8-10-12-14-16-19(18(3)20)17-15-13-11-9-7-5-2;;;;/h19-20H,4-17H2,1-3H3;4*1H4. The Balaban J connectivity index is -0.000000301. The van der Waals surface area contributed by atoms with Crippen molar-refractivity contribution >= 4 is 5.71 Å². The minimum absolute atomic E-state index is 0. The molecule has 0 spiro atoms. The zero-order valence-corrected chi connectivity index (χ0v) is 14.5. The van der Waals surface area contributed by atoms with E-state index in [1.165, 1.54) is 89.9 Å². The second-order valence-electron chi connectivity index (χ2n) is 6.49. The molecule has 0 aliphatic carbocycles. The van der Waals surface area contributed by atoms with Gasteiger partial charge in [-0.2, -0.15) is 0 Å². The second kappa shape index (κ2) is 27.5. The minimum Gasteiger partial charge on any atom is -0.310 e. The fourth-order valence-corrected chi connectivity index (χ4v) is 2.92. The first kappa shape index (κ1) is 34.9. The number of rotatable bonds is 15. The van der Waals surface area contributed by atoms with Gasteiger partial charge in [0, 0.05) is 5.71 Å². The molecule has 0 atom stereocenters. The van der Waals surface area contributed by atoms with Crippen LogP contribution in [0.3, 0.4) is 0 Å². The van der Waals surface area contributed by atoms with Crippen LogP contribution in [-0.2, 0) is 0 Å². The van der Waals surface area contributed by atoms with Gasteiger partial charge in [0.05, 0.1) is 0 Å². The molecule has 0 aromatic rings.